The summed E-state index contributed by atoms with van der Waals surface area (Å²) in [5, 5.41) is 0. The molecule has 0 saturated heterocycles. The molecule has 0 aliphatic carbocycles. The minimum Gasteiger partial charge on any atom is -0.360 e. The Labute approximate surface area is 202 Å². The zero-order valence-electron chi connectivity index (χ0n) is 18.2. The maximum atomic E-state index is 11.5. The van der Waals surface area contributed by atoms with Crippen LogP contribution in [-0.2, 0) is 28.3 Å². The number of hydrogen-bond acceptors (Lipinski definition) is 6. The smallest absolute Gasteiger partial charge is 0.360 e. The zero-order valence-corrected chi connectivity index (χ0v) is 20.8. The minimum atomic E-state index is -5.13. The summed E-state index contributed by atoms with van der Waals surface area (Å²) in [6, 6.07) is 29.9. The Hall–Kier alpha value is -1.77. The Kier molecular flexibility index (Phi) is 9.68. The van der Waals surface area contributed by atoms with Crippen LogP contribution in [0.2, 0.25) is 0 Å². The van der Waals surface area contributed by atoms with Gasteiger partial charge in [0.1, 0.15) is 5.60 Å². The van der Waals surface area contributed by atoms with E-state index in [4.69, 9.17) is 14.5 Å². The van der Waals surface area contributed by atoms with Gasteiger partial charge in [-0.3, -0.25) is 4.52 Å². The van der Waals surface area contributed by atoms with E-state index in [9.17, 15) is 14.0 Å². The summed E-state index contributed by atoms with van der Waals surface area (Å²) in [6.07, 6.45) is 0. The lowest BCUT2D eigenvalue weighted by molar-refractivity contribution is 0.0233. The van der Waals surface area contributed by atoms with Crippen molar-refractivity contribution in [3.05, 3.63) is 108 Å². The molecule has 34 heavy (non-hydrogen) atoms. The maximum Gasteiger partial charge on any atom is 0.481 e. The maximum absolute atomic E-state index is 11.5. The predicted molar refractivity (Wildman–Crippen MR) is 131 cm³/mol. The zero-order chi connectivity index (χ0) is 24.5. The molecule has 0 aromatic heterocycles. The molecule has 0 spiro atoms. The van der Waals surface area contributed by atoms with Crippen molar-refractivity contribution in [1.29, 1.82) is 0 Å². The molecule has 0 aliphatic rings. The number of phosphoric acid groups is 2. The molecule has 11 heteroatoms. The van der Waals surface area contributed by atoms with Gasteiger partial charge in [0.25, 0.3) is 0 Å². The quantitative estimate of drug-likeness (QED) is 0.162. The molecule has 1 unspecified atom stereocenters. The van der Waals surface area contributed by atoms with Gasteiger partial charge in [-0.25, -0.2) is 9.13 Å². The van der Waals surface area contributed by atoms with Crippen LogP contribution in [0.25, 0.3) is 0 Å². The molecule has 0 aliphatic heterocycles. The van der Waals surface area contributed by atoms with Crippen LogP contribution in [0.4, 0.5) is 0 Å². The van der Waals surface area contributed by atoms with E-state index in [1.165, 1.54) is 11.8 Å². The highest BCUT2D eigenvalue weighted by molar-refractivity contribution is 7.99. The summed E-state index contributed by atoms with van der Waals surface area (Å²) >= 11 is 1.41. The van der Waals surface area contributed by atoms with E-state index < -0.39 is 21.2 Å². The molecule has 0 fully saturated rings. The second kappa shape index (κ2) is 12.3. The van der Waals surface area contributed by atoms with E-state index in [0.717, 1.165) is 16.7 Å². The van der Waals surface area contributed by atoms with Gasteiger partial charge in [-0.05, 0) is 16.7 Å². The highest BCUT2D eigenvalue weighted by Crippen LogP contribution is 2.57. The molecule has 0 heterocycles. The van der Waals surface area contributed by atoms with Gasteiger partial charge in [0, 0.05) is 11.5 Å². The Balaban J connectivity index is 1.69. The van der Waals surface area contributed by atoms with Crippen LogP contribution in [0.1, 0.15) is 16.7 Å². The first-order chi connectivity index (χ1) is 16.2. The SMILES string of the molecule is O=P(O)(O)OP(=O)(O)OCCSCCOC(c1ccccc1)(c1ccccc1)c1ccccc1. The van der Waals surface area contributed by atoms with E-state index >= 15 is 0 Å². The van der Waals surface area contributed by atoms with E-state index in [2.05, 4.69) is 8.83 Å². The van der Waals surface area contributed by atoms with E-state index in [0.29, 0.717) is 18.1 Å². The summed E-state index contributed by atoms with van der Waals surface area (Å²) in [7, 11) is -9.95. The summed E-state index contributed by atoms with van der Waals surface area (Å²) in [5.74, 6) is 0.847. The van der Waals surface area contributed by atoms with Crippen molar-refractivity contribution in [2.75, 3.05) is 24.7 Å². The van der Waals surface area contributed by atoms with Crippen LogP contribution in [0.3, 0.4) is 0 Å². The summed E-state index contributed by atoms with van der Waals surface area (Å²) in [6.45, 7) is 0.138. The van der Waals surface area contributed by atoms with Gasteiger partial charge in [-0.1, -0.05) is 91.0 Å². The molecule has 3 rings (SSSR count). The molecule has 0 amide bonds. The summed E-state index contributed by atoms with van der Waals surface area (Å²) in [4.78, 5) is 26.6. The van der Waals surface area contributed by atoms with Gasteiger partial charge in [-0.15, -0.1) is 0 Å². The van der Waals surface area contributed by atoms with Crippen LogP contribution >= 0.6 is 27.4 Å². The molecule has 1 atom stereocenters. The van der Waals surface area contributed by atoms with E-state index in [1.807, 2.05) is 91.0 Å². The van der Waals surface area contributed by atoms with Crippen molar-refractivity contribution in [3.8, 4) is 0 Å². The van der Waals surface area contributed by atoms with Gasteiger partial charge < -0.3 is 19.4 Å². The van der Waals surface area contributed by atoms with Gasteiger partial charge in [0.15, 0.2) is 0 Å². The molecular formula is C23H26O8P2S. The first-order valence-corrected chi connectivity index (χ1v) is 14.5. The highest BCUT2D eigenvalue weighted by Gasteiger charge is 2.37. The molecule has 3 aromatic rings. The normalized spacial score (nSPS) is 14.0. The number of rotatable bonds is 13. The first kappa shape index (κ1) is 26.8. The molecule has 182 valence electrons. The summed E-state index contributed by atoms with van der Waals surface area (Å²) < 4.78 is 37.2. The van der Waals surface area contributed by atoms with E-state index in [-0.39, 0.29) is 6.61 Å². The number of thioether (sulfide) groups is 1. The van der Waals surface area contributed by atoms with E-state index in [1.54, 1.807) is 0 Å². The average Bonchev–Trinajstić information content (AvgIpc) is 2.81. The number of hydrogen-bond donors (Lipinski definition) is 3. The fraction of sp³-hybridized carbons (Fsp3) is 0.217. The Morgan fingerprint density at radius 3 is 1.50 bits per heavy atom. The van der Waals surface area contributed by atoms with Crippen molar-refractivity contribution in [3.63, 3.8) is 0 Å². The molecule has 3 aromatic carbocycles. The molecule has 0 radical (unpaired) electrons. The largest absolute Gasteiger partial charge is 0.481 e. The highest BCUT2D eigenvalue weighted by atomic mass is 32.2. The lowest BCUT2D eigenvalue weighted by atomic mass is 9.80. The Morgan fingerprint density at radius 2 is 1.09 bits per heavy atom. The fourth-order valence-corrected chi connectivity index (χ4v) is 5.81. The Bertz CT molecular complexity index is 1010. The van der Waals surface area contributed by atoms with Gasteiger partial charge in [-0.2, -0.15) is 16.1 Å². The van der Waals surface area contributed by atoms with Gasteiger partial charge in [0.2, 0.25) is 0 Å². The number of benzene rings is 3. The third kappa shape index (κ3) is 7.62. The van der Waals surface area contributed by atoms with Gasteiger partial charge in [0.05, 0.1) is 13.2 Å². The van der Waals surface area contributed by atoms with Crippen molar-refractivity contribution in [2.45, 2.75) is 5.60 Å². The van der Waals surface area contributed by atoms with Crippen molar-refractivity contribution in [1.82, 2.24) is 0 Å². The predicted octanol–water partition coefficient (Wildman–Crippen LogP) is 4.95. The molecule has 3 N–H and O–H groups in total. The average molecular weight is 524 g/mol. The molecule has 0 bridgehead atoms. The second-order valence-electron chi connectivity index (χ2n) is 7.11. The van der Waals surface area contributed by atoms with Crippen LogP contribution in [-0.4, -0.2) is 39.4 Å². The topological polar surface area (TPSA) is 123 Å². The number of ether oxygens (including phenoxy) is 1. The molecule has 0 saturated carbocycles. The lowest BCUT2D eigenvalue weighted by Gasteiger charge is -2.36. The number of phosphoric ester groups is 1. The third-order valence-corrected chi connectivity index (χ3v) is 7.87. The minimum absolute atomic E-state index is 0.223. The van der Waals surface area contributed by atoms with Crippen LogP contribution in [0.5, 0.6) is 0 Å². The van der Waals surface area contributed by atoms with Crippen molar-refractivity contribution >= 4 is 27.4 Å². The first-order valence-electron chi connectivity index (χ1n) is 10.4. The van der Waals surface area contributed by atoms with Crippen LogP contribution < -0.4 is 0 Å². The molecule has 8 nitrogen and oxygen atoms in total. The second-order valence-corrected chi connectivity index (χ2v) is 11.2. The monoisotopic (exact) mass is 524 g/mol. The lowest BCUT2D eigenvalue weighted by Crippen LogP contribution is -2.33. The fourth-order valence-electron chi connectivity index (χ4n) is 3.49. The van der Waals surface area contributed by atoms with Crippen LogP contribution in [0.15, 0.2) is 91.0 Å². The van der Waals surface area contributed by atoms with Crippen LogP contribution in [0, 0.1) is 0 Å². The van der Waals surface area contributed by atoms with Crippen molar-refractivity contribution < 1.29 is 37.4 Å². The van der Waals surface area contributed by atoms with Gasteiger partial charge >= 0.3 is 15.6 Å². The molecular weight excluding hydrogens is 498 g/mol. The van der Waals surface area contributed by atoms with Crippen molar-refractivity contribution in [2.24, 2.45) is 0 Å². The standard InChI is InChI=1S/C23H26O8P2S/c24-32(25,26)31-33(27,28)30-17-19-34-18-16-29-23(20-10-4-1-5-11-20,21-12-6-2-7-13-21)22-14-8-3-9-15-22/h1-15H,16-19H2,(H,27,28)(H2,24,25,26). The Morgan fingerprint density at radius 1 is 0.676 bits per heavy atom. The summed E-state index contributed by atoms with van der Waals surface area (Å²) in [5.41, 5.74) is 2.11. The third-order valence-electron chi connectivity index (χ3n) is 4.78.